The lowest BCUT2D eigenvalue weighted by atomic mass is 9.93. The molecule has 26 heavy (non-hydrogen) atoms. The van der Waals surface area contributed by atoms with Gasteiger partial charge in [0.15, 0.2) is 18.2 Å². The highest BCUT2D eigenvalue weighted by molar-refractivity contribution is 6.71. The van der Waals surface area contributed by atoms with Crippen LogP contribution in [0.4, 0.5) is 0 Å². The lowest BCUT2D eigenvalue weighted by Gasteiger charge is -2.10. The Morgan fingerprint density at radius 2 is 1.69 bits per heavy atom. The van der Waals surface area contributed by atoms with E-state index in [1.165, 1.54) is 24.3 Å². The van der Waals surface area contributed by atoms with Crippen molar-refractivity contribution in [2.45, 2.75) is 0 Å². The SMILES string of the molecule is O=C(O)COc1ccc(C(=O)c2coc3c2C(=O)C(=O)C(Cl)=C3Cl)cc1. The number of carbonyl (C=O) groups is 4. The quantitative estimate of drug-likeness (QED) is 0.612. The first-order chi connectivity index (χ1) is 12.3. The molecule has 3 rings (SSSR count). The second kappa shape index (κ2) is 6.78. The second-order valence-electron chi connectivity index (χ2n) is 5.18. The van der Waals surface area contributed by atoms with Crippen LogP contribution in [0.2, 0.25) is 0 Å². The van der Waals surface area contributed by atoms with Crippen LogP contribution in [0.3, 0.4) is 0 Å². The van der Waals surface area contributed by atoms with Gasteiger partial charge in [-0.3, -0.25) is 14.4 Å². The Hall–Kier alpha value is -2.90. The van der Waals surface area contributed by atoms with Crippen LogP contribution in [-0.2, 0) is 9.59 Å². The van der Waals surface area contributed by atoms with Gasteiger partial charge in [-0.25, -0.2) is 4.79 Å². The minimum Gasteiger partial charge on any atom is -0.482 e. The third-order valence-corrected chi connectivity index (χ3v) is 4.36. The minimum atomic E-state index is -1.14. The molecule has 0 saturated carbocycles. The molecular weight excluding hydrogens is 387 g/mol. The van der Waals surface area contributed by atoms with E-state index in [2.05, 4.69) is 0 Å². The van der Waals surface area contributed by atoms with Gasteiger partial charge in [-0.2, -0.15) is 0 Å². The molecule has 1 aromatic heterocycles. The molecule has 0 amide bonds. The number of aliphatic carboxylic acids is 1. The Morgan fingerprint density at radius 1 is 1.04 bits per heavy atom. The van der Waals surface area contributed by atoms with Crippen molar-refractivity contribution in [3.05, 3.63) is 58.0 Å². The molecule has 1 aliphatic carbocycles. The molecule has 0 fully saturated rings. The van der Waals surface area contributed by atoms with E-state index < -0.39 is 35.0 Å². The van der Waals surface area contributed by atoms with Gasteiger partial charge >= 0.3 is 5.97 Å². The highest BCUT2D eigenvalue weighted by Crippen LogP contribution is 2.37. The summed E-state index contributed by atoms with van der Waals surface area (Å²) in [6.45, 7) is -0.523. The van der Waals surface area contributed by atoms with Crippen LogP contribution in [0.15, 0.2) is 40.0 Å². The molecule has 0 atom stereocenters. The predicted octanol–water partition coefficient (Wildman–Crippen LogP) is 2.89. The Kier molecular flexibility index (Phi) is 4.67. The second-order valence-corrected chi connectivity index (χ2v) is 5.93. The third kappa shape index (κ3) is 3.02. The fraction of sp³-hybridized carbons (Fsp3) is 0.0588. The van der Waals surface area contributed by atoms with Gasteiger partial charge < -0.3 is 14.3 Å². The van der Waals surface area contributed by atoms with E-state index in [1.54, 1.807) is 0 Å². The zero-order valence-electron chi connectivity index (χ0n) is 12.7. The van der Waals surface area contributed by atoms with Crippen molar-refractivity contribution in [2.24, 2.45) is 0 Å². The van der Waals surface area contributed by atoms with Crippen molar-refractivity contribution in [2.75, 3.05) is 6.61 Å². The summed E-state index contributed by atoms with van der Waals surface area (Å²) in [5.74, 6) is -3.59. The number of carbonyl (C=O) groups excluding carboxylic acids is 3. The van der Waals surface area contributed by atoms with E-state index in [9.17, 15) is 19.2 Å². The fourth-order valence-corrected chi connectivity index (χ4v) is 2.72. The first kappa shape index (κ1) is 17.9. The monoisotopic (exact) mass is 394 g/mol. The molecule has 1 N–H and O–H groups in total. The number of fused-ring (bicyclic) bond motifs is 1. The summed E-state index contributed by atoms with van der Waals surface area (Å²) >= 11 is 11.6. The van der Waals surface area contributed by atoms with Crippen molar-refractivity contribution in [1.29, 1.82) is 0 Å². The highest BCUT2D eigenvalue weighted by atomic mass is 35.5. The molecule has 2 aromatic rings. The molecule has 1 aliphatic rings. The number of hydrogen-bond acceptors (Lipinski definition) is 6. The normalized spacial score (nSPS) is 13.6. The topological polar surface area (TPSA) is 111 Å². The summed E-state index contributed by atoms with van der Waals surface area (Å²) in [6.07, 6.45) is 1.03. The molecule has 132 valence electrons. The van der Waals surface area contributed by atoms with E-state index in [0.29, 0.717) is 0 Å². The number of carboxylic acid groups (broad SMARTS) is 1. The van der Waals surface area contributed by atoms with Gasteiger partial charge in [-0.05, 0) is 24.3 Å². The summed E-state index contributed by atoms with van der Waals surface area (Å²) < 4.78 is 10.1. The van der Waals surface area contributed by atoms with Crippen molar-refractivity contribution in [3.8, 4) is 5.75 Å². The fourth-order valence-electron chi connectivity index (χ4n) is 2.33. The Balaban J connectivity index is 1.93. The maximum absolute atomic E-state index is 12.6. The molecule has 0 aliphatic heterocycles. The molecular formula is C17H8Cl2O7. The average molecular weight is 395 g/mol. The first-order valence-corrected chi connectivity index (χ1v) is 7.82. The van der Waals surface area contributed by atoms with Crippen LogP contribution >= 0.6 is 23.2 Å². The van der Waals surface area contributed by atoms with Gasteiger partial charge in [0.25, 0.3) is 0 Å². The van der Waals surface area contributed by atoms with Gasteiger partial charge in [0.05, 0.1) is 11.1 Å². The molecule has 1 heterocycles. The number of halogens is 2. The van der Waals surface area contributed by atoms with Gasteiger partial charge in [-0.1, -0.05) is 23.2 Å². The predicted molar refractivity (Wildman–Crippen MR) is 89.7 cm³/mol. The van der Waals surface area contributed by atoms with E-state index in [-0.39, 0.29) is 33.2 Å². The van der Waals surface area contributed by atoms with Gasteiger partial charge in [0, 0.05) is 5.56 Å². The number of Topliss-reactive ketones (excluding diaryl/α,β-unsaturated/α-hetero) is 2. The lowest BCUT2D eigenvalue weighted by Crippen LogP contribution is -2.22. The molecule has 0 saturated heterocycles. The number of carboxylic acids is 1. The summed E-state index contributed by atoms with van der Waals surface area (Å²) in [4.78, 5) is 47.1. The molecule has 0 bridgehead atoms. The number of hydrogen-bond donors (Lipinski definition) is 1. The van der Waals surface area contributed by atoms with Gasteiger partial charge in [-0.15, -0.1) is 0 Å². The largest absolute Gasteiger partial charge is 0.482 e. The maximum Gasteiger partial charge on any atom is 0.341 e. The zero-order chi connectivity index (χ0) is 19.0. The molecule has 0 unspecified atom stereocenters. The van der Waals surface area contributed by atoms with Crippen LogP contribution in [0.5, 0.6) is 5.75 Å². The summed E-state index contributed by atoms with van der Waals surface area (Å²) in [7, 11) is 0. The average Bonchev–Trinajstić information content (AvgIpc) is 3.08. The van der Waals surface area contributed by atoms with Crippen molar-refractivity contribution >= 4 is 51.6 Å². The molecule has 0 spiro atoms. The Morgan fingerprint density at radius 3 is 2.31 bits per heavy atom. The maximum atomic E-state index is 12.6. The van der Waals surface area contributed by atoms with Crippen LogP contribution in [0.1, 0.15) is 32.0 Å². The van der Waals surface area contributed by atoms with Crippen molar-refractivity contribution in [3.63, 3.8) is 0 Å². The highest BCUT2D eigenvalue weighted by Gasteiger charge is 2.38. The molecule has 9 heteroatoms. The number of ketones is 3. The van der Waals surface area contributed by atoms with Crippen LogP contribution < -0.4 is 4.74 Å². The van der Waals surface area contributed by atoms with Crippen LogP contribution in [0, 0.1) is 0 Å². The molecule has 7 nitrogen and oxygen atoms in total. The van der Waals surface area contributed by atoms with Crippen LogP contribution in [-0.4, -0.2) is 35.0 Å². The number of rotatable bonds is 5. The summed E-state index contributed by atoms with van der Waals surface area (Å²) in [5, 5.41) is 7.87. The Bertz CT molecular complexity index is 983. The van der Waals surface area contributed by atoms with E-state index in [4.69, 9.17) is 37.5 Å². The van der Waals surface area contributed by atoms with Gasteiger partial charge in [0.1, 0.15) is 22.1 Å². The van der Waals surface area contributed by atoms with Crippen LogP contribution in [0.25, 0.3) is 5.03 Å². The number of allylic oxidation sites excluding steroid dienone is 1. The van der Waals surface area contributed by atoms with Gasteiger partial charge in [0.2, 0.25) is 11.6 Å². The lowest BCUT2D eigenvalue weighted by molar-refractivity contribution is -0.139. The summed E-state index contributed by atoms with van der Waals surface area (Å²) in [5.41, 5.74) is -0.186. The minimum absolute atomic E-state index is 0.125. The number of furan rings is 1. The molecule has 0 radical (unpaired) electrons. The standard InChI is InChI=1S/C17H8Cl2O7/c18-12-13(19)17-11(15(23)16(12)24)9(5-26-17)14(22)7-1-3-8(4-2-7)25-6-10(20)21/h1-5H,6H2,(H,20,21). The zero-order valence-corrected chi connectivity index (χ0v) is 14.3. The summed E-state index contributed by atoms with van der Waals surface area (Å²) in [6, 6.07) is 5.58. The third-order valence-electron chi connectivity index (χ3n) is 3.54. The van der Waals surface area contributed by atoms with E-state index in [1.807, 2.05) is 0 Å². The number of ether oxygens (including phenoxy) is 1. The first-order valence-electron chi connectivity index (χ1n) is 7.06. The van der Waals surface area contributed by atoms with Crippen molar-refractivity contribution in [1.82, 2.24) is 0 Å². The number of benzene rings is 1. The smallest absolute Gasteiger partial charge is 0.341 e. The molecule has 1 aromatic carbocycles. The van der Waals surface area contributed by atoms with Crippen molar-refractivity contribution < 1.29 is 33.4 Å². The van der Waals surface area contributed by atoms with E-state index >= 15 is 0 Å². The van der Waals surface area contributed by atoms with E-state index in [0.717, 1.165) is 6.26 Å². The Labute approximate surface area is 155 Å².